The average Bonchev–Trinajstić information content (AvgIpc) is 2.12. The summed E-state index contributed by atoms with van der Waals surface area (Å²) in [5.41, 5.74) is 0. The molecule has 12 heavy (non-hydrogen) atoms. The van der Waals surface area contributed by atoms with Crippen molar-refractivity contribution < 1.29 is 4.39 Å². The highest BCUT2D eigenvalue weighted by molar-refractivity contribution is 7.80. The van der Waals surface area contributed by atoms with Crippen LogP contribution in [-0.2, 0) is 0 Å². The van der Waals surface area contributed by atoms with Gasteiger partial charge in [0, 0.05) is 5.39 Å². The summed E-state index contributed by atoms with van der Waals surface area (Å²) in [5, 5.41) is 1.80. The number of benzene rings is 2. The van der Waals surface area contributed by atoms with Crippen LogP contribution in [0.3, 0.4) is 0 Å². The van der Waals surface area contributed by atoms with Crippen LogP contribution in [0.15, 0.2) is 41.3 Å². The zero-order chi connectivity index (χ0) is 8.55. The summed E-state index contributed by atoms with van der Waals surface area (Å²) in [4.78, 5) is 0.313. The van der Waals surface area contributed by atoms with Crippen molar-refractivity contribution >= 4 is 23.4 Å². The molecule has 2 heteroatoms. The maximum atomic E-state index is 12.9. The van der Waals surface area contributed by atoms with Crippen molar-refractivity contribution in [2.45, 2.75) is 4.90 Å². The van der Waals surface area contributed by atoms with Gasteiger partial charge in [-0.2, -0.15) is 0 Å². The Balaban J connectivity index is 2.91. The molecular weight excluding hydrogens is 171 g/mol. The van der Waals surface area contributed by atoms with E-state index in [9.17, 15) is 4.39 Å². The Morgan fingerprint density at radius 3 is 2.58 bits per heavy atom. The van der Waals surface area contributed by atoms with E-state index in [1.807, 2.05) is 24.3 Å². The van der Waals surface area contributed by atoms with Crippen LogP contribution in [0, 0.1) is 5.82 Å². The quantitative estimate of drug-likeness (QED) is 0.577. The highest BCUT2D eigenvalue weighted by Crippen LogP contribution is 2.23. The van der Waals surface area contributed by atoms with Crippen LogP contribution in [0.25, 0.3) is 10.8 Å². The smallest absolute Gasteiger partial charge is 0.141 e. The molecule has 0 spiro atoms. The van der Waals surface area contributed by atoms with Crippen LogP contribution in [0.1, 0.15) is 0 Å². The van der Waals surface area contributed by atoms with E-state index in [0.29, 0.717) is 4.90 Å². The van der Waals surface area contributed by atoms with Gasteiger partial charge in [0.15, 0.2) is 0 Å². The lowest BCUT2D eigenvalue weighted by molar-refractivity contribution is 0.606. The Bertz CT molecular complexity index is 423. The Hall–Kier alpha value is -1.15. The van der Waals surface area contributed by atoms with Crippen LogP contribution in [0.2, 0.25) is 0 Å². The van der Waals surface area contributed by atoms with E-state index in [2.05, 4.69) is 0 Å². The van der Waals surface area contributed by atoms with Crippen molar-refractivity contribution in [2.24, 2.45) is 0 Å². The van der Waals surface area contributed by atoms with Gasteiger partial charge in [0.05, 0.1) is 4.90 Å². The molecule has 0 fully saturated rings. The fourth-order valence-corrected chi connectivity index (χ4v) is 1.47. The second-order valence-electron chi connectivity index (χ2n) is 2.60. The highest BCUT2D eigenvalue weighted by Gasteiger charge is 2.02. The maximum absolute atomic E-state index is 12.9. The molecule has 0 N–H and O–H groups in total. The van der Waals surface area contributed by atoms with Crippen LogP contribution in [-0.4, -0.2) is 0 Å². The second-order valence-corrected chi connectivity index (χ2v) is 3.01. The number of fused-ring (bicyclic) bond motifs is 1. The zero-order valence-corrected chi connectivity index (χ0v) is 7.07. The molecule has 0 aliphatic carbocycles. The Labute approximate surface area is 75.4 Å². The summed E-state index contributed by atoms with van der Waals surface area (Å²) in [6.45, 7) is 0. The molecule has 0 aliphatic heterocycles. The van der Waals surface area contributed by atoms with Gasteiger partial charge in [-0.1, -0.05) is 43.0 Å². The van der Waals surface area contributed by atoms with E-state index in [0.717, 1.165) is 10.8 Å². The third-order valence-electron chi connectivity index (χ3n) is 1.83. The minimum absolute atomic E-state index is 0.313. The van der Waals surface area contributed by atoms with Crippen molar-refractivity contribution in [2.75, 3.05) is 0 Å². The van der Waals surface area contributed by atoms with E-state index in [-0.39, 0.29) is 5.82 Å². The molecule has 0 aliphatic rings. The molecule has 0 aromatic heterocycles. The molecule has 0 unspecified atom stereocenters. The molecule has 2 aromatic carbocycles. The summed E-state index contributed by atoms with van der Waals surface area (Å²) < 4.78 is 12.9. The maximum Gasteiger partial charge on any atom is 0.141 e. The molecule has 0 amide bonds. The first-order chi connectivity index (χ1) is 5.79. The van der Waals surface area contributed by atoms with E-state index >= 15 is 0 Å². The monoisotopic (exact) mass is 177 g/mol. The lowest BCUT2D eigenvalue weighted by Gasteiger charge is -1.99. The molecular formula is C10H6FS. The predicted octanol–water partition coefficient (Wildman–Crippen LogP) is 3.54. The fourth-order valence-electron chi connectivity index (χ4n) is 1.22. The number of hydrogen-bond acceptors (Lipinski definition) is 0. The van der Waals surface area contributed by atoms with Gasteiger partial charge in [0.1, 0.15) is 5.82 Å². The van der Waals surface area contributed by atoms with Gasteiger partial charge in [0.2, 0.25) is 0 Å². The van der Waals surface area contributed by atoms with E-state index < -0.39 is 0 Å². The number of rotatable bonds is 0. The third kappa shape index (κ3) is 1.04. The molecule has 0 saturated carbocycles. The minimum Gasteiger partial charge on any atom is -0.205 e. The van der Waals surface area contributed by atoms with Crippen LogP contribution in [0.4, 0.5) is 4.39 Å². The standard InChI is InChI=1S/C10H6FS/c11-9-6-5-7-3-1-2-4-8(7)10(9)12/h1-6H. The molecule has 0 atom stereocenters. The number of hydrogen-bond donors (Lipinski definition) is 0. The lowest BCUT2D eigenvalue weighted by Crippen LogP contribution is -1.79. The van der Waals surface area contributed by atoms with Crippen molar-refractivity contribution in [3.63, 3.8) is 0 Å². The summed E-state index contributed by atoms with van der Waals surface area (Å²) in [7, 11) is 0. The van der Waals surface area contributed by atoms with Crippen molar-refractivity contribution in [1.29, 1.82) is 0 Å². The van der Waals surface area contributed by atoms with Gasteiger partial charge in [-0.05, 0) is 11.5 Å². The third-order valence-corrected chi connectivity index (χ3v) is 2.25. The van der Waals surface area contributed by atoms with Crippen LogP contribution < -0.4 is 0 Å². The van der Waals surface area contributed by atoms with Gasteiger partial charge < -0.3 is 0 Å². The summed E-state index contributed by atoms with van der Waals surface area (Å²) in [6.07, 6.45) is 0. The van der Waals surface area contributed by atoms with Gasteiger partial charge in [-0.15, -0.1) is 0 Å². The summed E-state index contributed by atoms with van der Waals surface area (Å²) >= 11 is 4.92. The molecule has 2 aromatic rings. The molecule has 0 heterocycles. The van der Waals surface area contributed by atoms with E-state index in [1.165, 1.54) is 6.07 Å². The lowest BCUT2D eigenvalue weighted by atomic mass is 10.1. The summed E-state index contributed by atoms with van der Waals surface area (Å²) in [6, 6.07) is 10.7. The van der Waals surface area contributed by atoms with Gasteiger partial charge in [-0.3, -0.25) is 0 Å². The largest absolute Gasteiger partial charge is 0.205 e. The first-order valence-electron chi connectivity index (χ1n) is 3.63. The first-order valence-corrected chi connectivity index (χ1v) is 4.04. The minimum atomic E-state index is -0.316. The van der Waals surface area contributed by atoms with E-state index in [1.54, 1.807) is 6.07 Å². The normalized spacial score (nSPS) is 10.4. The average molecular weight is 177 g/mol. The topological polar surface area (TPSA) is 0 Å². The van der Waals surface area contributed by atoms with Gasteiger partial charge in [-0.25, -0.2) is 4.39 Å². The molecule has 1 radical (unpaired) electrons. The highest BCUT2D eigenvalue weighted by atomic mass is 32.1. The van der Waals surface area contributed by atoms with E-state index in [4.69, 9.17) is 12.6 Å². The van der Waals surface area contributed by atoms with Crippen LogP contribution in [0.5, 0.6) is 0 Å². The Kier molecular flexibility index (Phi) is 1.70. The molecule has 0 nitrogen and oxygen atoms in total. The molecule has 0 saturated heterocycles. The number of halogens is 1. The van der Waals surface area contributed by atoms with Gasteiger partial charge in [0.25, 0.3) is 0 Å². The SMILES string of the molecule is Fc1ccc2ccccc2c1[S]. The molecule has 59 valence electrons. The van der Waals surface area contributed by atoms with Gasteiger partial charge >= 0.3 is 0 Å². The molecule has 0 bridgehead atoms. The predicted molar refractivity (Wildman–Crippen MR) is 49.8 cm³/mol. The zero-order valence-electron chi connectivity index (χ0n) is 6.25. The van der Waals surface area contributed by atoms with Crippen molar-refractivity contribution in [3.05, 3.63) is 42.2 Å². The Morgan fingerprint density at radius 1 is 1.00 bits per heavy atom. The second kappa shape index (κ2) is 2.72. The van der Waals surface area contributed by atoms with Crippen molar-refractivity contribution in [3.8, 4) is 0 Å². The van der Waals surface area contributed by atoms with Crippen LogP contribution >= 0.6 is 12.6 Å². The Morgan fingerprint density at radius 2 is 1.75 bits per heavy atom. The van der Waals surface area contributed by atoms with Crippen molar-refractivity contribution in [1.82, 2.24) is 0 Å². The fraction of sp³-hybridized carbons (Fsp3) is 0. The summed E-state index contributed by atoms with van der Waals surface area (Å²) in [5.74, 6) is -0.316. The molecule has 2 rings (SSSR count). The first kappa shape index (κ1) is 7.50.